The molecular formula is C16H15N3O4S. The van der Waals surface area contributed by atoms with Crippen LogP contribution in [0.4, 0.5) is 5.00 Å². The van der Waals surface area contributed by atoms with Gasteiger partial charge in [-0.15, -0.1) is 11.3 Å². The average molecular weight is 345 g/mol. The summed E-state index contributed by atoms with van der Waals surface area (Å²) >= 11 is 1.22. The normalized spacial score (nSPS) is 16.2. The fraction of sp³-hybridized carbons (Fsp3) is 0.250. The van der Waals surface area contributed by atoms with E-state index in [2.05, 4.69) is 10.3 Å². The third-order valence-electron chi connectivity index (χ3n) is 3.98. The first-order chi connectivity index (χ1) is 11.5. The van der Waals surface area contributed by atoms with E-state index in [1.165, 1.54) is 23.7 Å². The van der Waals surface area contributed by atoms with Crippen LogP contribution in [-0.4, -0.2) is 27.9 Å². The third kappa shape index (κ3) is 2.88. The standard InChI is InChI=1S/C16H15N3O4S/c17-13(20)12-11-9(16(22)23)2-1-3-10(11)24-15(12)19-14(21)8-4-6-18-7-5-8/h4-7,9H,1-3H2,(H2,17,20)(H,19,21)(H,22,23). The minimum Gasteiger partial charge on any atom is -0.481 e. The van der Waals surface area contributed by atoms with E-state index < -0.39 is 23.7 Å². The quantitative estimate of drug-likeness (QED) is 0.782. The van der Waals surface area contributed by atoms with Crippen LogP contribution in [0.1, 0.15) is 49.9 Å². The smallest absolute Gasteiger partial charge is 0.311 e. The summed E-state index contributed by atoms with van der Waals surface area (Å²) in [5.41, 5.74) is 6.43. The number of primary amides is 1. The van der Waals surface area contributed by atoms with E-state index in [4.69, 9.17) is 5.73 Å². The van der Waals surface area contributed by atoms with Crippen molar-refractivity contribution in [2.45, 2.75) is 25.2 Å². The second-order valence-electron chi connectivity index (χ2n) is 5.48. The second-order valence-corrected chi connectivity index (χ2v) is 6.59. The minimum atomic E-state index is -0.983. The van der Waals surface area contributed by atoms with Crippen LogP contribution in [0, 0.1) is 0 Å². The number of fused-ring (bicyclic) bond motifs is 1. The van der Waals surface area contributed by atoms with Gasteiger partial charge in [-0.05, 0) is 37.0 Å². The summed E-state index contributed by atoms with van der Waals surface area (Å²) in [5.74, 6) is -2.88. The molecule has 4 N–H and O–H groups in total. The molecule has 2 amide bonds. The zero-order valence-electron chi connectivity index (χ0n) is 12.6. The Morgan fingerprint density at radius 3 is 2.62 bits per heavy atom. The van der Waals surface area contributed by atoms with Crippen molar-refractivity contribution in [3.05, 3.63) is 46.1 Å². The maximum Gasteiger partial charge on any atom is 0.311 e. The fourth-order valence-electron chi connectivity index (χ4n) is 2.91. The van der Waals surface area contributed by atoms with Crippen LogP contribution in [0.25, 0.3) is 0 Å². The number of amides is 2. The molecule has 3 rings (SSSR count). The summed E-state index contributed by atoms with van der Waals surface area (Å²) in [7, 11) is 0. The Bertz CT molecular complexity index is 816. The van der Waals surface area contributed by atoms with Gasteiger partial charge >= 0.3 is 5.97 Å². The molecule has 0 saturated carbocycles. The number of anilines is 1. The van der Waals surface area contributed by atoms with Gasteiger partial charge in [-0.25, -0.2) is 0 Å². The van der Waals surface area contributed by atoms with E-state index in [-0.39, 0.29) is 5.56 Å². The Labute approximate surface area is 141 Å². The molecule has 0 bridgehead atoms. The van der Waals surface area contributed by atoms with E-state index in [1.54, 1.807) is 12.1 Å². The Hall–Kier alpha value is -2.74. The Balaban J connectivity index is 2.01. The lowest BCUT2D eigenvalue weighted by Gasteiger charge is -2.19. The van der Waals surface area contributed by atoms with Crippen molar-refractivity contribution in [2.24, 2.45) is 5.73 Å². The fourth-order valence-corrected chi connectivity index (χ4v) is 4.22. The molecule has 0 radical (unpaired) electrons. The van der Waals surface area contributed by atoms with Gasteiger partial charge in [0.1, 0.15) is 5.00 Å². The molecule has 2 heterocycles. The predicted octanol–water partition coefficient (Wildman–Crippen LogP) is 2.00. The monoisotopic (exact) mass is 345 g/mol. The van der Waals surface area contributed by atoms with Gasteiger partial charge in [0.05, 0.1) is 11.5 Å². The molecule has 1 aliphatic rings. The molecule has 1 atom stereocenters. The van der Waals surface area contributed by atoms with Crippen LogP contribution in [0.3, 0.4) is 0 Å². The Kier molecular flexibility index (Phi) is 4.30. The van der Waals surface area contributed by atoms with Gasteiger partial charge in [0.2, 0.25) is 0 Å². The number of rotatable bonds is 4. The molecule has 0 saturated heterocycles. The van der Waals surface area contributed by atoms with Gasteiger partial charge in [0, 0.05) is 22.8 Å². The van der Waals surface area contributed by atoms with Crippen molar-refractivity contribution in [3.8, 4) is 0 Å². The molecule has 0 spiro atoms. The summed E-state index contributed by atoms with van der Waals surface area (Å²) in [6, 6.07) is 3.10. The summed E-state index contributed by atoms with van der Waals surface area (Å²) < 4.78 is 0. The van der Waals surface area contributed by atoms with Crippen molar-refractivity contribution in [3.63, 3.8) is 0 Å². The lowest BCUT2D eigenvalue weighted by Crippen LogP contribution is -2.23. The van der Waals surface area contributed by atoms with Gasteiger partial charge in [-0.1, -0.05) is 0 Å². The summed E-state index contributed by atoms with van der Waals surface area (Å²) in [4.78, 5) is 40.4. The van der Waals surface area contributed by atoms with Gasteiger partial charge < -0.3 is 16.2 Å². The number of aromatic nitrogens is 1. The van der Waals surface area contributed by atoms with Crippen molar-refractivity contribution in [2.75, 3.05) is 5.32 Å². The molecule has 0 aromatic carbocycles. The molecule has 24 heavy (non-hydrogen) atoms. The Morgan fingerprint density at radius 2 is 2.00 bits per heavy atom. The molecule has 0 aliphatic heterocycles. The minimum absolute atomic E-state index is 0.115. The third-order valence-corrected chi connectivity index (χ3v) is 5.16. The van der Waals surface area contributed by atoms with E-state index in [1.807, 2.05) is 0 Å². The first-order valence-corrected chi connectivity index (χ1v) is 8.20. The number of nitrogens with two attached hydrogens (primary N) is 1. The number of carboxylic acids is 1. The lowest BCUT2D eigenvalue weighted by atomic mass is 9.85. The van der Waals surface area contributed by atoms with Gasteiger partial charge in [0.25, 0.3) is 11.8 Å². The number of nitrogens with one attached hydrogen (secondary N) is 1. The molecule has 7 nitrogen and oxygen atoms in total. The van der Waals surface area contributed by atoms with E-state index in [0.717, 1.165) is 11.3 Å². The highest BCUT2D eigenvalue weighted by Gasteiger charge is 2.34. The first-order valence-electron chi connectivity index (χ1n) is 7.38. The van der Waals surface area contributed by atoms with Crippen molar-refractivity contribution in [1.82, 2.24) is 4.98 Å². The SMILES string of the molecule is NC(=O)c1c(NC(=O)c2ccncc2)sc2c1C(C(=O)O)CCC2. The molecule has 8 heteroatoms. The molecule has 1 aliphatic carbocycles. The molecule has 2 aromatic rings. The first kappa shape index (κ1) is 16.1. The summed E-state index contributed by atoms with van der Waals surface area (Å²) in [6.45, 7) is 0. The highest BCUT2D eigenvalue weighted by atomic mass is 32.1. The van der Waals surface area contributed by atoms with Crippen LogP contribution in [0.5, 0.6) is 0 Å². The number of aliphatic carboxylic acids is 1. The molecule has 2 aromatic heterocycles. The van der Waals surface area contributed by atoms with Crippen LogP contribution in [0.2, 0.25) is 0 Å². The van der Waals surface area contributed by atoms with E-state index in [9.17, 15) is 19.5 Å². The average Bonchev–Trinajstić information content (AvgIpc) is 2.93. The second kappa shape index (κ2) is 6.40. The zero-order chi connectivity index (χ0) is 17.3. The summed E-state index contributed by atoms with van der Waals surface area (Å²) in [6.07, 6.45) is 4.83. The van der Waals surface area contributed by atoms with Crippen LogP contribution >= 0.6 is 11.3 Å². The summed E-state index contributed by atoms with van der Waals surface area (Å²) in [5, 5.41) is 12.4. The van der Waals surface area contributed by atoms with Crippen LogP contribution < -0.4 is 11.1 Å². The number of pyridine rings is 1. The highest BCUT2D eigenvalue weighted by molar-refractivity contribution is 7.17. The number of carbonyl (C=O) groups is 3. The topological polar surface area (TPSA) is 122 Å². The van der Waals surface area contributed by atoms with Gasteiger partial charge in [-0.3, -0.25) is 19.4 Å². The van der Waals surface area contributed by atoms with Crippen LogP contribution in [-0.2, 0) is 11.2 Å². The van der Waals surface area contributed by atoms with Gasteiger partial charge in [-0.2, -0.15) is 0 Å². The number of carbonyl (C=O) groups excluding carboxylic acids is 2. The maximum atomic E-state index is 12.3. The largest absolute Gasteiger partial charge is 0.481 e. The number of nitrogens with zero attached hydrogens (tertiary/aromatic N) is 1. The predicted molar refractivity (Wildman–Crippen MR) is 88.3 cm³/mol. The molecule has 1 unspecified atom stereocenters. The maximum absolute atomic E-state index is 12.3. The highest BCUT2D eigenvalue weighted by Crippen LogP contribution is 2.43. The number of hydrogen-bond donors (Lipinski definition) is 3. The molecular weight excluding hydrogens is 330 g/mol. The number of thiophene rings is 1. The number of hydrogen-bond acceptors (Lipinski definition) is 5. The lowest BCUT2D eigenvalue weighted by molar-refractivity contribution is -0.139. The van der Waals surface area contributed by atoms with E-state index in [0.29, 0.717) is 29.0 Å². The Morgan fingerprint density at radius 1 is 1.29 bits per heavy atom. The van der Waals surface area contributed by atoms with Gasteiger partial charge in [0.15, 0.2) is 0 Å². The van der Waals surface area contributed by atoms with E-state index >= 15 is 0 Å². The number of carboxylic acid groups (broad SMARTS) is 1. The molecule has 0 fully saturated rings. The van der Waals surface area contributed by atoms with Crippen molar-refractivity contribution < 1.29 is 19.5 Å². The van der Waals surface area contributed by atoms with Crippen LogP contribution in [0.15, 0.2) is 24.5 Å². The zero-order valence-corrected chi connectivity index (χ0v) is 13.4. The van der Waals surface area contributed by atoms with Crippen molar-refractivity contribution >= 4 is 34.1 Å². The van der Waals surface area contributed by atoms with Crippen molar-refractivity contribution in [1.29, 1.82) is 0 Å². The molecule has 124 valence electrons. The number of aryl methyl sites for hydroxylation is 1.